The highest BCUT2D eigenvalue weighted by atomic mass is 16.5. The SMILES string of the molecule is CCN(CC)C(=O)Cn1c(COc2cc(C)ccc2C(C)C)nc2ccccc21. The molecule has 1 amide bonds. The zero-order chi connectivity index (χ0) is 21.0. The van der Waals surface area contributed by atoms with Gasteiger partial charge in [-0.25, -0.2) is 4.98 Å². The van der Waals surface area contributed by atoms with Crippen molar-refractivity contribution in [2.24, 2.45) is 0 Å². The molecule has 5 nitrogen and oxygen atoms in total. The van der Waals surface area contributed by atoms with Gasteiger partial charge in [-0.15, -0.1) is 0 Å². The molecular formula is C24H31N3O2. The number of para-hydroxylation sites is 2. The summed E-state index contributed by atoms with van der Waals surface area (Å²) in [6.45, 7) is 12.4. The number of hydrogen-bond donors (Lipinski definition) is 0. The number of ether oxygens (including phenoxy) is 1. The standard InChI is InChI=1S/C24H31N3O2/c1-6-26(7-2)24(28)15-27-21-11-9-8-10-20(21)25-23(27)16-29-22-14-18(5)12-13-19(22)17(3)4/h8-14,17H,6-7,15-16H2,1-5H3. The first-order chi connectivity index (χ1) is 13.9. The number of nitrogens with zero attached hydrogens (tertiary/aromatic N) is 3. The quantitative estimate of drug-likeness (QED) is 0.546. The minimum absolute atomic E-state index is 0.0952. The first-order valence-corrected chi connectivity index (χ1v) is 10.4. The van der Waals surface area contributed by atoms with Crippen LogP contribution in [0, 0.1) is 6.92 Å². The third-order valence-corrected chi connectivity index (χ3v) is 5.29. The number of benzene rings is 2. The van der Waals surface area contributed by atoms with Crippen LogP contribution in [0.3, 0.4) is 0 Å². The number of likely N-dealkylation sites (N-methyl/N-ethyl adjacent to an activating group) is 1. The van der Waals surface area contributed by atoms with E-state index in [0.717, 1.165) is 28.2 Å². The number of carbonyl (C=O) groups excluding carboxylic acids is 1. The lowest BCUT2D eigenvalue weighted by Crippen LogP contribution is -2.33. The van der Waals surface area contributed by atoms with Crippen molar-refractivity contribution in [1.29, 1.82) is 0 Å². The van der Waals surface area contributed by atoms with E-state index in [1.54, 1.807) is 0 Å². The molecule has 0 fully saturated rings. The van der Waals surface area contributed by atoms with Crippen molar-refractivity contribution in [3.05, 3.63) is 59.4 Å². The topological polar surface area (TPSA) is 47.4 Å². The number of rotatable bonds is 8. The molecule has 3 rings (SSSR count). The molecule has 1 heterocycles. The van der Waals surface area contributed by atoms with E-state index >= 15 is 0 Å². The molecule has 1 aromatic heterocycles. The first kappa shape index (κ1) is 20.9. The Balaban J connectivity index is 1.92. The van der Waals surface area contributed by atoms with Gasteiger partial charge in [-0.1, -0.05) is 38.1 Å². The molecule has 29 heavy (non-hydrogen) atoms. The van der Waals surface area contributed by atoms with Crippen molar-refractivity contribution >= 4 is 16.9 Å². The lowest BCUT2D eigenvalue weighted by atomic mass is 10.0. The molecule has 0 bridgehead atoms. The monoisotopic (exact) mass is 393 g/mol. The number of carbonyl (C=O) groups is 1. The van der Waals surface area contributed by atoms with Gasteiger partial charge in [0.25, 0.3) is 0 Å². The fourth-order valence-corrected chi connectivity index (χ4v) is 3.61. The molecule has 0 N–H and O–H groups in total. The van der Waals surface area contributed by atoms with Crippen LogP contribution in [0.15, 0.2) is 42.5 Å². The molecule has 5 heteroatoms. The van der Waals surface area contributed by atoms with Crippen LogP contribution in [-0.2, 0) is 17.9 Å². The van der Waals surface area contributed by atoms with Crippen molar-refractivity contribution in [3.8, 4) is 5.75 Å². The highest BCUT2D eigenvalue weighted by Crippen LogP contribution is 2.28. The number of aromatic nitrogens is 2. The summed E-state index contributed by atoms with van der Waals surface area (Å²) in [4.78, 5) is 19.4. The lowest BCUT2D eigenvalue weighted by molar-refractivity contribution is -0.131. The molecule has 3 aromatic rings. The van der Waals surface area contributed by atoms with E-state index in [-0.39, 0.29) is 12.5 Å². The van der Waals surface area contributed by atoms with Gasteiger partial charge >= 0.3 is 0 Å². The van der Waals surface area contributed by atoms with E-state index in [0.29, 0.717) is 25.6 Å². The number of imidazole rings is 1. The molecule has 0 aliphatic carbocycles. The molecule has 0 aliphatic heterocycles. The van der Waals surface area contributed by atoms with Gasteiger partial charge in [0.05, 0.1) is 11.0 Å². The number of hydrogen-bond acceptors (Lipinski definition) is 3. The third-order valence-electron chi connectivity index (χ3n) is 5.29. The Bertz CT molecular complexity index is 987. The van der Waals surface area contributed by atoms with Gasteiger partial charge in [-0.05, 0) is 56.0 Å². The van der Waals surface area contributed by atoms with E-state index < -0.39 is 0 Å². The number of amides is 1. The third kappa shape index (κ3) is 4.61. The zero-order valence-electron chi connectivity index (χ0n) is 18.1. The summed E-state index contributed by atoms with van der Waals surface area (Å²) in [6, 6.07) is 14.2. The van der Waals surface area contributed by atoms with E-state index in [9.17, 15) is 4.79 Å². The average molecular weight is 394 g/mol. The van der Waals surface area contributed by atoms with E-state index in [1.165, 1.54) is 5.56 Å². The molecule has 0 atom stereocenters. The van der Waals surface area contributed by atoms with Crippen LogP contribution >= 0.6 is 0 Å². The van der Waals surface area contributed by atoms with Crippen molar-refractivity contribution in [2.75, 3.05) is 13.1 Å². The van der Waals surface area contributed by atoms with Crippen molar-refractivity contribution in [1.82, 2.24) is 14.5 Å². The van der Waals surface area contributed by atoms with Crippen LogP contribution in [0.25, 0.3) is 11.0 Å². The molecule has 0 saturated heterocycles. The van der Waals surface area contributed by atoms with Crippen LogP contribution < -0.4 is 4.74 Å². The highest BCUT2D eigenvalue weighted by molar-refractivity contribution is 5.81. The van der Waals surface area contributed by atoms with Crippen molar-refractivity contribution < 1.29 is 9.53 Å². The van der Waals surface area contributed by atoms with Crippen LogP contribution in [-0.4, -0.2) is 33.4 Å². The van der Waals surface area contributed by atoms with Crippen molar-refractivity contribution in [3.63, 3.8) is 0 Å². The van der Waals surface area contributed by atoms with Gasteiger partial charge in [0.15, 0.2) is 0 Å². The van der Waals surface area contributed by atoms with Gasteiger partial charge in [-0.2, -0.15) is 0 Å². The van der Waals surface area contributed by atoms with E-state index in [1.807, 2.05) is 47.6 Å². The maximum atomic E-state index is 12.8. The Morgan fingerprint density at radius 3 is 2.55 bits per heavy atom. The second kappa shape index (κ2) is 9.12. The summed E-state index contributed by atoms with van der Waals surface area (Å²) >= 11 is 0. The predicted molar refractivity (Wildman–Crippen MR) is 117 cm³/mol. The number of fused-ring (bicyclic) bond motifs is 1. The Morgan fingerprint density at radius 1 is 1.14 bits per heavy atom. The smallest absolute Gasteiger partial charge is 0.242 e. The zero-order valence-corrected chi connectivity index (χ0v) is 18.1. The van der Waals surface area contributed by atoms with Gasteiger partial charge in [-0.3, -0.25) is 4.79 Å². The lowest BCUT2D eigenvalue weighted by Gasteiger charge is -2.20. The first-order valence-electron chi connectivity index (χ1n) is 10.4. The molecule has 0 spiro atoms. The second-order valence-electron chi connectivity index (χ2n) is 7.65. The van der Waals surface area contributed by atoms with Gasteiger partial charge < -0.3 is 14.2 Å². The highest BCUT2D eigenvalue weighted by Gasteiger charge is 2.18. The minimum atomic E-state index is 0.0952. The predicted octanol–water partition coefficient (Wildman–Crippen LogP) is 4.92. The minimum Gasteiger partial charge on any atom is -0.485 e. The Kier molecular flexibility index (Phi) is 6.57. The number of aryl methyl sites for hydroxylation is 1. The van der Waals surface area contributed by atoms with Gasteiger partial charge in [0.2, 0.25) is 5.91 Å². The fraction of sp³-hybridized carbons (Fsp3) is 0.417. The maximum Gasteiger partial charge on any atom is 0.242 e. The van der Waals surface area contributed by atoms with Crippen LogP contribution in [0.1, 0.15) is 50.6 Å². The summed E-state index contributed by atoms with van der Waals surface area (Å²) in [6.07, 6.45) is 0. The van der Waals surface area contributed by atoms with E-state index in [4.69, 9.17) is 9.72 Å². The summed E-state index contributed by atoms with van der Waals surface area (Å²) < 4.78 is 8.21. The summed E-state index contributed by atoms with van der Waals surface area (Å²) in [5.74, 6) is 2.11. The molecule has 0 radical (unpaired) electrons. The van der Waals surface area contributed by atoms with Crippen LogP contribution in [0.2, 0.25) is 0 Å². The van der Waals surface area contributed by atoms with Gasteiger partial charge in [0, 0.05) is 13.1 Å². The molecular weight excluding hydrogens is 362 g/mol. The van der Waals surface area contributed by atoms with Crippen LogP contribution in [0.5, 0.6) is 5.75 Å². The Hall–Kier alpha value is -2.82. The summed E-state index contributed by atoms with van der Waals surface area (Å²) in [5, 5.41) is 0. The molecule has 154 valence electrons. The normalized spacial score (nSPS) is 11.2. The molecule has 0 saturated carbocycles. The second-order valence-corrected chi connectivity index (χ2v) is 7.65. The fourth-order valence-electron chi connectivity index (χ4n) is 3.61. The maximum absolute atomic E-state index is 12.8. The average Bonchev–Trinajstić information content (AvgIpc) is 3.04. The Morgan fingerprint density at radius 2 is 1.86 bits per heavy atom. The Labute approximate surface area is 173 Å². The van der Waals surface area contributed by atoms with E-state index in [2.05, 4.69) is 39.0 Å². The molecule has 2 aromatic carbocycles. The largest absolute Gasteiger partial charge is 0.485 e. The van der Waals surface area contributed by atoms with Crippen molar-refractivity contribution in [2.45, 2.75) is 53.7 Å². The molecule has 0 unspecified atom stereocenters. The summed E-state index contributed by atoms with van der Waals surface area (Å²) in [5.41, 5.74) is 4.18. The van der Waals surface area contributed by atoms with Crippen LogP contribution in [0.4, 0.5) is 0 Å². The summed E-state index contributed by atoms with van der Waals surface area (Å²) in [7, 11) is 0. The molecule has 0 aliphatic rings. The van der Waals surface area contributed by atoms with Gasteiger partial charge in [0.1, 0.15) is 24.7 Å².